The van der Waals surface area contributed by atoms with Crippen molar-refractivity contribution < 1.29 is 5.11 Å². The first kappa shape index (κ1) is 10.2. The van der Waals surface area contributed by atoms with Crippen LogP contribution in [0.1, 0.15) is 26.7 Å². The highest BCUT2D eigenvalue weighted by Crippen LogP contribution is 2.06. The number of aliphatic hydroxyl groups excluding tert-OH is 1. The van der Waals surface area contributed by atoms with Crippen LogP contribution in [0.15, 0.2) is 4.99 Å². The Balaban J connectivity index is 4.05. The molecule has 0 radical (unpaired) electrons. The van der Waals surface area contributed by atoms with E-state index in [1.165, 1.54) is 0 Å². The molecule has 0 fully saturated rings. The minimum absolute atomic E-state index is 0.0457. The summed E-state index contributed by atoms with van der Waals surface area (Å²) < 4.78 is 0. The van der Waals surface area contributed by atoms with Gasteiger partial charge in [-0.25, -0.2) is 4.99 Å². The van der Waals surface area contributed by atoms with Crippen molar-refractivity contribution in [2.75, 3.05) is 0 Å². The first-order chi connectivity index (χ1) is 5.11. The number of guanidine groups is 1. The molecule has 0 aromatic heterocycles. The minimum atomic E-state index is -0.429. The number of hydrogen-bond donors (Lipinski definition) is 3. The van der Waals surface area contributed by atoms with Crippen LogP contribution in [-0.4, -0.2) is 23.2 Å². The van der Waals surface area contributed by atoms with Crippen molar-refractivity contribution in [3.8, 4) is 0 Å². The molecule has 11 heavy (non-hydrogen) atoms. The molecule has 0 bridgehead atoms. The quantitative estimate of drug-likeness (QED) is 0.392. The molecule has 2 atom stereocenters. The standard InChI is InChI=1S/C7H17N3O/c1-3-5(6(11)4-2)10-7(8)9/h5-6,11H,3-4H2,1-2H3,(H4,8,9,10). The van der Waals surface area contributed by atoms with Gasteiger partial charge < -0.3 is 16.6 Å². The van der Waals surface area contributed by atoms with E-state index in [0.29, 0.717) is 6.42 Å². The first-order valence-electron chi connectivity index (χ1n) is 3.88. The van der Waals surface area contributed by atoms with E-state index in [-0.39, 0.29) is 12.0 Å². The number of hydrogen-bond acceptors (Lipinski definition) is 2. The number of aliphatic hydroxyl groups is 1. The van der Waals surface area contributed by atoms with Gasteiger partial charge in [-0.1, -0.05) is 13.8 Å². The van der Waals surface area contributed by atoms with Crippen LogP contribution in [0.3, 0.4) is 0 Å². The highest BCUT2D eigenvalue weighted by molar-refractivity contribution is 5.75. The summed E-state index contributed by atoms with van der Waals surface area (Å²) >= 11 is 0. The van der Waals surface area contributed by atoms with Gasteiger partial charge in [0.15, 0.2) is 5.96 Å². The zero-order valence-electron chi connectivity index (χ0n) is 7.12. The average Bonchev–Trinajstić information content (AvgIpc) is 1.98. The van der Waals surface area contributed by atoms with Crippen LogP contribution in [0.2, 0.25) is 0 Å². The highest BCUT2D eigenvalue weighted by Gasteiger charge is 2.13. The van der Waals surface area contributed by atoms with Gasteiger partial charge >= 0.3 is 0 Å². The molecule has 4 heteroatoms. The minimum Gasteiger partial charge on any atom is -0.391 e. The third-order valence-corrected chi connectivity index (χ3v) is 1.60. The Morgan fingerprint density at radius 2 is 1.91 bits per heavy atom. The van der Waals surface area contributed by atoms with E-state index >= 15 is 0 Å². The van der Waals surface area contributed by atoms with E-state index in [1.54, 1.807) is 0 Å². The highest BCUT2D eigenvalue weighted by atomic mass is 16.3. The summed E-state index contributed by atoms with van der Waals surface area (Å²) in [6, 6.07) is -0.148. The third kappa shape index (κ3) is 3.83. The molecule has 0 saturated heterocycles. The number of nitrogens with zero attached hydrogens (tertiary/aromatic N) is 1. The Hall–Kier alpha value is -0.770. The van der Waals surface area contributed by atoms with Gasteiger partial charge in [0, 0.05) is 0 Å². The lowest BCUT2D eigenvalue weighted by molar-refractivity contribution is 0.139. The molecule has 0 rings (SSSR count). The van der Waals surface area contributed by atoms with Crippen molar-refractivity contribution in [3.63, 3.8) is 0 Å². The summed E-state index contributed by atoms with van der Waals surface area (Å²) in [5.41, 5.74) is 10.4. The zero-order chi connectivity index (χ0) is 8.85. The fourth-order valence-corrected chi connectivity index (χ4v) is 0.913. The van der Waals surface area contributed by atoms with E-state index in [0.717, 1.165) is 6.42 Å². The summed E-state index contributed by atoms with van der Waals surface area (Å²) in [6.45, 7) is 3.84. The normalized spacial score (nSPS) is 15.5. The van der Waals surface area contributed by atoms with Gasteiger partial charge in [0.1, 0.15) is 0 Å². The molecule has 0 heterocycles. The molecule has 5 N–H and O–H groups in total. The van der Waals surface area contributed by atoms with Crippen molar-refractivity contribution in [1.82, 2.24) is 0 Å². The van der Waals surface area contributed by atoms with Crippen molar-refractivity contribution in [3.05, 3.63) is 0 Å². The smallest absolute Gasteiger partial charge is 0.186 e. The molecule has 0 amide bonds. The van der Waals surface area contributed by atoms with E-state index in [4.69, 9.17) is 11.5 Å². The van der Waals surface area contributed by atoms with Crippen LogP contribution < -0.4 is 11.5 Å². The molecule has 4 nitrogen and oxygen atoms in total. The molecule has 0 aromatic carbocycles. The number of aliphatic imine (C=N–C) groups is 1. The second-order valence-corrected chi connectivity index (χ2v) is 2.51. The third-order valence-electron chi connectivity index (χ3n) is 1.60. The van der Waals surface area contributed by atoms with Crippen LogP contribution in [0.4, 0.5) is 0 Å². The maximum Gasteiger partial charge on any atom is 0.186 e. The summed E-state index contributed by atoms with van der Waals surface area (Å²) in [5, 5.41) is 9.35. The lowest BCUT2D eigenvalue weighted by Gasteiger charge is -2.15. The molecule has 2 unspecified atom stereocenters. The summed E-state index contributed by atoms with van der Waals surface area (Å²) in [5.74, 6) is 0.0457. The Morgan fingerprint density at radius 1 is 1.36 bits per heavy atom. The predicted octanol–water partition coefficient (Wildman–Crippen LogP) is -0.191. The lowest BCUT2D eigenvalue weighted by atomic mass is 10.1. The Labute approximate surface area is 67.3 Å². The molecule has 0 spiro atoms. The van der Waals surface area contributed by atoms with Crippen molar-refractivity contribution >= 4 is 5.96 Å². The van der Waals surface area contributed by atoms with E-state index in [1.807, 2.05) is 13.8 Å². The van der Waals surface area contributed by atoms with E-state index in [9.17, 15) is 5.11 Å². The molecule has 0 aliphatic rings. The van der Waals surface area contributed by atoms with Gasteiger partial charge in [0.25, 0.3) is 0 Å². The molecular weight excluding hydrogens is 142 g/mol. The van der Waals surface area contributed by atoms with Crippen LogP contribution in [0, 0.1) is 0 Å². The fourth-order valence-electron chi connectivity index (χ4n) is 0.913. The van der Waals surface area contributed by atoms with Gasteiger partial charge in [0.2, 0.25) is 0 Å². The van der Waals surface area contributed by atoms with E-state index < -0.39 is 6.10 Å². The van der Waals surface area contributed by atoms with Crippen LogP contribution in [-0.2, 0) is 0 Å². The maximum absolute atomic E-state index is 9.35. The molecule has 0 saturated carbocycles. The molecule has 0 aromatic rings. The average molecular weight is 159 g/mol. The Morgan fingerprint density at radius 3 is 2.18 bits per heavy atom. The Kier molecular flexibility index (Phi) is 4.61. The van der Waals surface area contributed by atoms with Gasteiger partial charge in [-0.05, 0) is 12.8 Å². The van der Waals surface area contributed by atoms with Crippen LogP contribution in [0.25, 0.3) is 0 Å². The summed E-state index contributed by atoms with van der Waals surface area (Å²) in [4.78, 5) is 3.89. The van der Waals surface area contributed by atoms with Gasteiger partial charge in [-0.15, -0.1) is 0 Å². The number of rotatable bonds is 4. The zero-order valence-corrected chi connectivity index (χ0v) is 7.12. The van der Waals surface area contributed by atoms with Gasteiger partial charge in [0.05, 0.1) is 12.1 Å². The lowest BCUT2D eigenvalue weighted by Crippen LogP contribution is -2.30. The topological polar surface area (TPSA) is 84.6 Å². The fraction of sp³-hybridized carbons (Fsp3) is 0.857. The number of nitrogens with two attached hydrogens (primary N) is 2. The molecular formula is C7H17N3O. The van der Waals surface area contributed by atoms with Gasteiger partial charge in [-0.2, -0.15) is 0 Å². The predicted molar refractivity (Wildman–Crippen MR) is 46.2 cm³/mol. The SMILES string of the molecule is CCC(O)C(CC)N=C(N)N. The first-order valence-corrected chi connectivity index (χ1v) is 3.88. The van der Waals surface area contributed by atoms with Crippen molar-refractivity contribution in [1.29, 1.82) is 0 Å². The van der Waals surface area contributed by atoms with Crippen molar-refractivity contribution in [2.45, 2.75) is 38.8 Å². The maximum atomic E-state index is 9.35. The monoisotopic (exact) mass is 159 g/mol. The largest absolute Gasteiger partial charge is 0.391 e. The second kappa shape index (κ2) is 4.96. The van der Waals surface area contributed by atoms with Crippen molar-refractivity contribution in [2.24, 2.45) is 16.5 Å². The molecule has 0 aliphatic carbocycles. The van der Waals surface area contributed by atoms with Gasteiger partial charge in [-0.3, -0.25) is 0 Å². The van der Waals surface area contributed by atoms with Crippen LogP contribution >= 0.6 is 0 Å². The second-order valence-electron chi connectivity index (χ2n) is 2.51. The summed E-state index contributed by atoms with van der Waals surface area (Å²) in [7, 11) is 0. The summed E-state index contributed by atoms with van der Waals surface area (Å²) in [6.07, 6.45) is 1.00. The molecule has 66 valence electrons. The molecule has 0 aliphatic heterocycles. The Bertz CT molecular complexity index is 132. The van der Waals surface area contributed by atoms with Crippen LogP contribution in [0.5, 0.6) is 0 Å². The van der Waals surface area contributed by atoms with E-state index in [2.05, 4.69) is 4.99 Å².